The van der Waals surface area contributed by atoms with Crippen molar-refractivity contribution in [2.45, 2.75) is 58.4 Å². The minimum atomic E-state index is 0.771. The smallest absolute Gasteiger partial charge is 0.00467 e. The molecule has 0 amide bonds. The van der Waals surface area contributed by atoms with Gasteiger partial charge < -0.3 is 0 Å². The van der Waals surface area contributed by atoms with Crippen LogP contribution in [-0.4, -0.2) is 24.0 Å². The Kier molecular flexibility index (Phi) is 1.81. The van der Waals surface area contributed by atoms with Crippen molar-refractivity contribution in [2.24, 2.45) is 10.8 Å². The Bertz CT molecular complexity index is 214. The summed E-state index contributed by atoms with van der Waals surface area (Å²) in [5, 5.41) is 0. The fourth-order valence-electron chi connectivity index (χ4n) is 4.69. The van der Waals surface area contributed by atoms with Crippen molar-refractivity contribution < 1.29 is 0 Å². The molecule has 0 aromatic rings. The van der Waals surface area contributed by atoms with E-state index in [0.29, 0.717) is 0 Å². The van der Waals surface area contributed by atoms with Crippen LogP contribution in [0.4, 0.5) is 0 Å². The van der Waals surface area contributed by atoms with Crippen LogP contribution in [0.3, 0.4) is 0 Å². The van der Waals surface area contributed by atoms with Gasteiger partial charge in [-0.3, -0.25) is 4.90 Å². The van der Waals surface area contributed by atoms with Gasteiger partial charge in [0.2, 0.25) is 0 Å². The quantitative estimate of drug-likeness (QED) is 0.618. The van der Waals surface area contributed by atoms with Crippen LogP contribution < -0.4 is 0 Å². The third kappa shape index (κ3) is 0.946. The summed E-state index contributed by atoms with van der Waals surface area (Å²) in [5.74, 6) is 0. The highest BCUT2D eigenvalue weighted by Gasteiger charge is 2.62. The number of rotatable bonds is 1. The molecule has 0 radical (unpaired) electrons. The second-order valence-electron chi connectivity index (χ2n) is 6.27. The number of hydrogen-bond donors (Lipinski definition) is 0. The summed E-state index contributed by atoms with van der Waals surface area (Å²) in [5.41, 5.74) is 1.55. The van der Waals surface area contributed by atoms with Gasteiger partial charge in [0, 0.05) is 19.1 Å². The standard InChI is InChI=1S/C13H23N/c1-11(2)14-9-12-5-3-6-13(12,10-14)8-4-7-12/h11H,3-10H2,1-2H3. The van der Waals surface area contributed by atoms with Crippen LogP contribution in [-0.2, 0) is 0 Å². The van der Waals surface area contributed by atoms with E-state index in [0.717, 1.165) is 16.9 Å². The van der Waals surface area contributed by atoms with Crippen molar-refractivity contribution in [1.29, 1.82) is 0 Å². The largest absolute Gasteiger partial charge is 0.300 e. The third-order valence-electron chi connectivity index (χ3n) is 5.49. The highest BCUT2D eigenvalue weighted by Crippen LogP contribution is 2.66. The Morgan fingerprint density at radius 2 is 1.29 bits per heavy atom. The van der Waals surface area contributed by atoms with Crippen LogP contribution in [0.2, 0.25) is 0 Å². The van der Waals surface area contributed by atoms with Crippen LogP contribution in [0.15, 0.2) is 0 Å². The van der Waals surface area contributed by atoms with Crippen molar-refractivity contribution in [1.82, 2.24) is 4.90 Å². The van der Waals surface area contributed by atoms with Gasteiger partial charge in [0.25, 0.3) is 0 Å². The molecule has 80 valence electrons. The van der Waals surface area contributed by atoms with E-state index in [-0.39, 0.29) is 0 Å². The Hall–Kier alpha value is -0.0400. The summed E-state index contributed by atoms with van der Waals surface area (Å²) in [6.45, 7) is 7.57. The first-order chi connectivity index (χ1) is 6.68. The van der Waals surface area contributed by atoms with Crippen LogP contribution >= 0.6 is 0 Å². The zero-order chi connectivity index (χ0) is 9.81. The molecule has 1 heterocycles. The first-order valence-electron chi connectivity index (χ1n) is 6.42. The molecule has 2 saturated carbocycles. The minimum Gasteiger partial charge on any atom is -0.300 e. The second-order valence-corrected chi connectivity index (χ2v) is 6.27. The van der Waals surface area contributed by atoms with Gasteiger partial charge >= 0.3 is 0 Å². The van der Waals surface area contributed by atoms with E-state index < -0.39 is 0 Å². The topological polar surface area (TPSA) is 3.24 Å². The predicted octanol–water partition coefficient (Wildman–Crippen LogP) is 3.05. The van der Waals surface area contributed by atoms with Crippen LogP contribution in [0.25, 0.3) is 0 Å². The third-order valence-corrected chi connectivity index (χ3v) is 5.49. The molecule has 0 spiro atoms. The molecule has 3 rings (SSSR count). The lowest BCUT2D eigenvalue weighted by atomic mass is 9.71. The predicted molar refractivity (Wildman–Crippen MR) is 59.3 cm³/mol. The lowest BCUT2D eigenvalue weighted by Gasteiger charge is -2.32. The minimum absolute atomic E-state index is 0.771. The maximum absolute atomic E-state index is 2.75. The monoisotopic (exact) mass is 193 g/mol. The van der Waals surface area contributed by atoms with Crippen molar-refractivity contribution in [2.75, 3.05) is 13.1 Å². The molecule has 14 heavy (non-hydrogen) atoms. The maximum Gasteiger partial charge on any atom is 0.00467 e. The van der Waals surface area contributed by atoms with Gasteiger partial charge in [0.05, 0.1) is 0 Å². The average molecular weight is 193 g/mol. The molecular formula is C13H23N. The van der Waals surface area contributed by atoms with Gasteiger partial charge in [-0.15, -0.1) is 0 Å². The molecular weight excluding hydrogens is 170 g/mol. The van der Waals surface area contributed by atoms with Gasteiger partial charge in [-0.25, -0.2) is 0 Å². The molecule has 3 aliphatic rings. The molecule has 0 aromatic heterocycles. The lowest BCUT2D eigenvalue weighted by molar-refractivity contribution is 0.184. The van der Waals surface area contributed by atoms with E-state index in [2.05, 4.69) is 18.7 Å². The van der Waals surface area contributed by atoms with Gasteiger partial charge in [0.15, 0.2) is 0 Å². The Labute approximate surface area is 87.9 Å². The highest BCUT2D eigenvalue weighted by molar-refractivity contribution is 5.13. The SMILES string of the molecule is CC(C)N1CC23CCCC2(CCC3)C1. The van der Waals surface area contributed by atoms with E-state index in [4.69, 9.17) is 0 Å². The Morgan fingerprint density at radius 1 is 0.857 bits per heavy atom. The van der Waals surface area contributed by atoms with E-state index >= 15 is 0 Å². The Morgan fingerprint density at radius 3 is 1.64 bits per heavy atom. The highest BCUT2D eigenvalue weighted by atomic mass is 15.2. The zero-order valence-electron chi connectivity index (χ0n) is 9.68. The second kappa shape index (κ2) is 2.75. The molecule has 3 fully saturated rings. The summed E-state index contributed by atoms with van der Waals surface area (Å²) in [4.78, 5) is 2.75. The van der Waals surface area contributed by atoms with Crippen LogP contribution in [0, 0.1) is 10.8 Å². The summed E-state index contributed by atoms with van der Waals surface area (Å²) in [6.07, 6.45) is 9.19. The van der Waals surface area contributed by atoms with Gasteiger partial charge in [-0.05, 0) is 50.4 Å². The lowest BCUT2D eigenvalue weighted by Crippen LogP contribution is -2.31. The molecule has 2 aliphatic carbocycles. The van der Waals surface area contributed by atoms with Gasteiger partial charge in [0.1, 0.15) is 0 Å². The molecule has 0 aromatic carbocycles. The zero-order valence-corrected chi connectivity index (χ0v) is 9.68. The summed E-state index contributed by atoms with van der Waals surface area (Å²) in [7, 11) is 0. The van der Waals surface area contributed by atoms with Crippen molar-refractivity contribution in [3.63, 3.8) is 0 Å². The van der Waals surface area contributed by atoms with E-state index in [9.17, 15) is 0 Å². The van der Waals surface area contributed by atoms with Crippen LogP contribution in [0.1, 0.15) is 52.4 Å². The molecule has 0 atom stereocenters. The maximum atomic E-state index is 2.75. The van der Waals surface area contributed by atoms with E-state index in [1.165, 1.54) is 51.6 Å². The van der Waals surface area contributed by atoms with Crippen molar-refractivity contribution >= 4 is 0 Å². The fraction of sp³-hybridized carbons (Fsp3) is 1.00. The summed E-state index contributed by atoms with van der Waals surface area (Å²) in [6, 6.07) is 0.771. The number of hydrogen-bond acceptors (Lipinski definition) is 1. The number of nitrogens with zero attached hydrogens (tertiary/aromatic N) is 1. The van der Waals surface area contributed by atoms with Crippen molar-refractivity contribution in [3.05, 3.63) is 0 Å². The molecule has 1 saturated heterocycles. The number of likely N-dealkylation sites (tertiary alicyclic amines) is 1. The van der Waals surface area contributed by atoms with Gasteiger partial charge in [-0.2, -0.15) is 0 Å². The first kappa shape index (κ1) is 9.21. The molecule has 0 N–H and O–H groups in total. The summed E-state index contributed by atoms with van der Waals surface area (Å²) >= 11 is 0. The average Bonchev–Trinajstić information content (AvgIpc) is 2.59. The molecule has 1 heteroatoms. The van der Waals surface area contributed by atoms with E-state index in [1.54, 1.807) is 0 Å². The normalized spacial score (nSPS) is 47.4. The van der Waals surface area contributed by atoms with Crippen LogP contribution in [0.5, 0.6) is 0 Å². The van der Waals surface area contributed by atoms with Gasteiger partial charge in [-0.1, -0.05) is 12.8 Å². The first-order valence-corrected chi connectivity index (χ1v) is 6.42. The molecule has 1 aliphatic heterocycles. The fourth-order valence-corrected chi connectivity index (χ4v) is 4.69. The molecule has 0 bridgehead atoms. The van der Waals surface area contributed by atoms with E-state index in [1.807, 2.05) is 0 Å². The molecule has 0 unspecified atom stereocenters. The Balaban J connectivity index is 1.91. The molecule has 1 nitrogen and oxygen atoms in total. The van der Waals surface area contributed by atoms with Crippen molar-refractivity contribution in [3.8, 4) is 0 Å². The summed E-state index contributed by atoms with van der Waals surface area (Å²) < 4.78 is 0.